The molecule has 2 heterocycles. The first kappa shape index (κ1) is 26.5. The van der Waals surface area contributed by atoms with Crippen LogP contribution < -0.4 is 15.0 Å². The lowest BCUT2D eigenvalue weighted by atomic mass is 10.1. The van der Waals surface area contributed by atoms with Crippen molar-refractivity contribution in [2.24, 2.45) is 5.92 Å². The molecule has 1 aliphatic heterocycles. The number of carbonyl (C=O) groups is 2. The van der Waals surface area contributed by atoms with Gasteiger partial charge in [-0.05, 0) is 68.5 Å². The summed E-state index contributed by atoms with van der Waals surface area (Å²) >= 11 is 0. The highest BCUT2D eigenvalue weighted by Gasteiger charge is 2.30. The van der Waals surface area contributed by atoms with Crippen molar-refractivity contribution in [3.8, 4) is 17.0 Å². The first-order valence-corrected chi connectivity index (χ1v) is 13.6. The third-order valence-electron chi connectivity index (χ3n) is 7.28. The zero-order chi connectivity index (χ0) is 27.2. The Morgan fingerprint density at radius 1 is 1.00 bits per heavy atom. The van der Waals surface area contributed by atoms with Gasteiger partial charge in [0.2, 0.25) is 5.91 Å². The molecule has 1 saturated heterocycles. The SMILES string of the molecule is COc1cccc(-c2ccc(N3CCCN(C(=O)CN(CC4CC4)C(=O)Nc4ccc(C)cc4)CC3)nn2)c1. The van der Waals surface area contributed by atoms with Gasteiger partial charge in [-0.1, -0.05) is 29.8 Å². The zero-order valence-corrected chi connectivity index (χ0v) is 22.7. The van der Waals surface area contributed by atoms with E-state index in [0.717, 1.165) is 59.9 Å². The predicted molar refractivity (Wildman–Crippen MR) is 152 cm³/mol. The number of methoxy groups -OCH3 is 1. The van der Waals surface area contributed by atoms with Gasteiger partial charge < -0.3 is 24.8 Å². The van der Waals surface area contributed by atoms with Crippen LogP contribution in [0.3, 0.4) is 0 Å². The quantitative estimate of drug-likeness (QED) is 0.465. The number of benzene rings is 2. The Labute approximate surface area is 229 Å². The number of aromatic nitrogens is 2. The molecular weight excluding hydrogens is 492 g/mol. The Morgan fingerprint density at radius 3 is 2.54 bits per heavy atom. The van der Waals surface area contributed by atoms with Gasteiger partial charge in [0.1, 0.15) is 12.3 Å². The second kappa shape index (κ2) is 12.1. The second-order valence-corrected chi connectivity index (χ2v) is 10.4. The minimum Gasteiger partial charge on any atom is -0.497 e. The Hall–Kier alpha value is -4.14. The topological polar surface area (TPSA) is 90.9 Å². The molecule has 39 heavy (non-hydrogen) atoms. The van der Waals surface area contributed by atoms with E-state index < -0.39 is 0 Å². The predicted octanol–water partition coefficient (Wildman–Crippen LogP) is 4.44. The Morgan fingerprint density at radius 2 is 1.82 bits per heavy atom. The summed E-state index contributed by atoms with van der Waals surface area (Å²) in [5.41, 5.74) is 3.60. The molecule has 204 valence electrons. The van der Waals surface area contributed by atoms with Crippen molar-refractivity contribution < 1.29 is 14.3 Å². The molecule has 2 fully saturated rings. The van der Waals surface area contributed by atoms with E-state index in [1.165, 1.54) is 0 Å². The van der Waals surface area contributed by atoms with Crippen LogP contribution in [0.2, 0.25) is 0 Å². The van der Waals surface area contributed by atoms with Gasteiger partial charge in [0.05, 0.1) is 12.8 Å². The maximum atomic E-state index is 13.3. The van der Waals surface area contributed by atoms with Crippen molar-refractivity contribution in [3.63, 3.8) is 0 Å². The summed E-state index contributed by atoms with van der Waals surface area (Å²) < 4.78 is 5.31. The molecule has 1 N–H and O–H groups in total. The minimum absolute atomic E-state index is 0.0176. The number of aryl methyl sites for hydroxylation is 1. The lowest BCUT2D eigenvalue weighted by molar-refractivity contribution is -0.131. The molecular formula is C30H36N6O3. The van der Waals surface area contributed by atoms with Crippen molar-refractivity contribution >= 4 is 23.4 Å². The molecule has 9 heteroatoms. The first-order valence-electron chi connectivity index (χ1n) is 13.6. The highest BCUT2D eigenvalue weighted by atomic mass is 16.5. The molecule has 3 amide bonds. The van der Waals surface area contributed by atoms with Gasteiger partial charge in [0.25, 0.3) is 0 Å². The van der Waals surface area contributed by atoms with Crippen LogP contribution >= 0.6 is 0 Å². The molecule has 2 aromatic carbocycles. The van der Waals surface area contributed by atoms with E-state index in [2.05, 4.69) is 20.4 Å². The average molecular weight is 529 g/mol. The summed E-state index contributed by atoms with van der Waals surface area (Å²) in [6.45, 7) is 5.39. The molecule has 2 aliphatic rings. The number of nitrogens with zero attached hydrogens (tertiary/aromatic N) is 5. The lowest BCUT2D eigenvalue weighted by Crippen LogP contribution is -2.46. The van der Waals surface area contributed by atoms with Crippen LogP contribution in [0.5, 0.6) is 5.75 Å². The third-order valence-corrected chi connectivity index (χ3v) is 7.28. The summed E-state index contributed by atoms with van der Waals surface area (Å²) in [4.78, 5) is 32.1. The van der Waals surface area contributed by atoms with Gasteiger partial charge in [-0.15, -0.1) is 10.2 Å². The van der Waals surface area contributed by atoms with Crippen molar-refractivity contribution in [2.45, 2.75) is 26.2 Å². The fraction of sp³-hybridized carbons (Fsp3) is 0.400. The molecule has 0 atom stereocenters. The van der Waals surface area contributed by atoms with Crippen molar-refractivity contribution in [1.82, 2.24) is 20.0 Å². The first-order chi connectivity index (χ1) is 19.0. The number of urea groups is 1. The molecule has 5 rings (SSSR count). The molecule has 9 nitrogen and oxygen atoms in total. The van der Waals surface area contributed by atoms with Crippen LogP contribution in [0, 0.1) is 12.8 Å². The van der Waals surface area contributed by atoms with Crippen LogP contribution in [0.25, 0.3) is 11.3 Å². The zero-order valence-electron chi connectivity index (χ0n) is 22.7. The van der Waals surface area contributed by atoms with Crippen LogP contribution in [0.15, 0.2) is 60.7 Å². The van der Waals surface area contributed by atoms with Crippen LogP contribution in [-0.4, -0.2) is 78.3 Å². The highest BCUT2D eigenvalue weighted by molar-refractivity contribution is 5.92. The smallest absolute Gasteiger partial charge is 0.322 e. The Bertz CT molecular complexity index is 1280. The normalized spacial score (nSPS) is 15.4. The summed E-state index contributed by atoms with van der Waals surface area (Å²) in [6.07, 6.45) is 3.04. The van der Waals surface area contributed by atoms with E-state index in [1.54, 1.807) is 12.0 Å². The van der Waals surface area contributed by atoms with E-state index in [1.807, 2.05) is 72.5 Å². The second-order valence-electron chi connectivity index (χ2n) is 10.4. The molecule has 3 aromatic rings. The molecule has 0 radical (unpaired) electrons. The number of amides is 3. The molecule has 1 saturated carbocycles. The van der Waals surface area contributed by atoms with Gasteiger partial charge in [-0.2, -0.15) is 0 Å². The van der Waals surface area contributed by atoms with Crippen molar-refractivity contribution in [1.29, 1.82) is 0 Å². The Balaban J connectivity index is 1.18. The Kier molecular flexibility index (Phi) is 8.24. The van der Waals surface area contributed by atoms with Crippen LogP contribution in [-0.2, 0) is 4.79 Å². The number of carbonyl (C=O) groups excluding carboxylic acids is 2. The fourth-order valence-electron chi connectivity index (χ4n) is 4.76. The van der Waals surface area contributed by atoms with Gasteiger partial charge in [0, 0.05) is 44.0 Å². The van der Waals surface area contributed by atoms with Gasteiger partial charge in [-0.25, -0.2) is 4.79 Å². The number of anilines is 2. The fourth-order valence-corrected chi connectivity index (χ4v) is 4.76. The largest absolute Gasteiger partial charge is 0.497 e. The highest BCUT2D eigenvalue weighted by Crippen LogP contribution is 2.30. The average Bonchev–Trinajstić information content (AvgIpc) is 3.81. The van der Waals surface area contributed by atoms with E-state index >= 15 is 0 Å². The monoisotopic (exact) mass is 528 g/mol. The number of hydrogen-bond acceptors (Lipinski definition) is 6. The van der Waals surface area contributed by atoms with Crippen LogP contribution in [0.1, 0.15) is 24.8 Å². The minimum atomic E-state index is -0.220. The summed E-state index contributed by atoms with van der Waals surface area (Å²) in [5, 5.41) is 11.9. The number of nitrogens with one attached hydrogen (secondary N) is 1. The maximum Gasteiger partial charge on any atom is 0.322 e. The molecule has 1 aliphatic carbocycles. The van der Waals surface area contributed by atoms with E-state index in [0.29, 0.717) is 32.1 Å². The van der Waals surface area contributed by atoms with E-state index in [9.17, 15) is 9.59 Å². The van der Waals surface area contributed by atoms with Crippen molar-refractivity contribution in [2.75, 3.05) is 56.6 Å². The third kappa shape index (κ3) is 7.04. The summed E-state index contributed by atoms with van der Waals surface area (Å²) in [7, 11) is 1.64. The maximum absolute atomic E-state index is 13.3. The van der Waals surface area contributed by atoms with Gasteiger partial charge in [0.15, 0.2) is 5.82 Å². The van der Waals surface area contributed by atoms with Gasteiger partial charge in [-0.3, -0.25) is 4.79 Å². The molecule has 1 aromatic heterocycles. The molecule has 0 bridgehead atoms. The lowest BCUT2D eigenvalue weighted by Gasteiger charge is -2.27. The summed E-state index contributed by atoms with van der Waals surface area (Å²) in [6, 6.07) is 19.2. The van der Waals surface area contributed by atoms with E-state index in [4.69, 9.17) is 4.74 Å². The summed E-state index contributed by atoms with van der Waals surface area (Å²) in [5.74, 6) is 2.04. The molecule has 0 unspecified atom stereocenters. The number of ether oxygens (including phenoxy) is 1. The van der Waals surface area contributed by atoms with Gasteiger partial charge >= 0.3 is 6.03 Å². The van der Waals surface area contributed by atoms with Crippen LogP contribution in [0.4, 0.5) is 16.3 Å². The van der Waals surface area contributed by atoms with Crippen molar-refractivity contribution in [3.05, 3.63) is 66.2 Å². The number of rotatable bonds is 8. The number of hydrogen-bond donors (Lipinski definition) is 1. The standard InChI is InChI=1S/C30H36N6O3/c1-22-7-11-25(12-8-22)31-30(38)36(20-23-9-10-23)21-29(37)35-16-4-15-34(17-18-35)28-14-13-27(32-33-28)24-5-3-6-26(19-24)39-2/h3,5-8,11-14,19,23H,4,9-10,15-18,20-21H2,1-2H3,(H,31,38). The molecule has 0 spiro atoms. The van der Waals surface area contributed by atoms with E-state index in [-0.39, 0.29) is 18.5 Å².